The summed E-state index contributed by atoms with van der Waals surface area (Å²) in [4.78, 5) is 7.16. The average Bonchev–Trinajstić information content (AvgIpc) is 3.15. The molecule has 4 rings (SSSR count). The summed E-state index contributed by atoms with van der Waals surface area (Å²) in [5.74, 6) is 1.42. The van der Waals surface area contributed by atoms with Crippen LogP contribution < -0.4 is 0 Å². The van der Waals surface area contributed by atoms with Crippen LogP contribution in [0, 0.1) is 6.92 Å². The maximum atomic E-state index is 5.64. The molecule has 1 aromatic heterocycles. The van der Waals surface area contributed by atoms with Crippen molar-refractivity contribution in [1.82, 2.24) is 15.0 Å². The van der Waals surface area contributed by atoms with Gasteiger partial charge in [0, 0.05) is 12.1 Å². The molecule has 1 aliphatic rings. The van der Waals surface area contributed by atoms with Crippen LogP contribution in [0.1, 0.15) is 42.3 Å². The van der Waals surface area contributed by atoms with Crippen molar-refractivity contribution in [3.8, 4) is 11.4 Å². The van der Waals surface area contributed by atoms with E-state index in [2.05, 4.69) is 41.2 Å². The van der Waals surface area contributed by atoms with E-state index in [9.17, 15) is 0 Å². The van der Waals surface area contributed by atoms with Crippen molar-refractivity contribution in [3.05, 3.63) is 71.6 Å². The Bertz CT molecular complexity index is 811. The van der Waals surface area contributed by atoms with Gasteiger partial charge in [-0.2, -0.15) is 4.98 Å². The van der Waals surface area contributed by atoms with E-state index in [1.54, 1.807) is 0 Å². The van der Waals surface area contributed by atoms with Crippen LogP contribution in [0.3, 0.4) is 0 Å². The van der Waals surface area contributed by atoms with Gasteiger partial charge in [-0.25, -0.2) is 0 Å². The molecular formula is C21H23N3O. The van der Waals surface area contributed by atoms with Gasteiger partial charge in [-0.1, -0.05) is 71.7 Å². The number of benzene rings is 2. The fourth-order valence-electron chi connectivity index (χ4n) is 3.46. The van der Waals surface area contributed by atoms with E-state index in [0.717, 1.165) is 31.0 Å². The van der Waals surface area contributed by atoms with Crippen LogP contribution in [-0.2, 0) is 6.54 Å². The molecule has 3 aromatic rings. The lowest BCUT2D eigenvalue weighted by molar-refractivity contribution is 0.111. The number of likely N-dealkylation sites (tertiary alicyclic amines) is 1. The molecular weight excluding hydrogens is 310 g/mol. The van der Waals surface area contributed by atoms with Crippen molar-refractivity contribution in [2.75, 3.05) is 6.54 Å². The minimum atomic E-state index is 0.208. The normalized spacial score (nSPS) is 18.4. The van der Waals surface area contributed by atoms with Gasteiger partial charge in [-0.3, -0.25) is 4.90 Å². The highest BCUT2D eigenvalue weighted by atomic mass is 16.5. The molecule has 1 saturated heterocycles. The first-order valence-corrected chi connectivity index (χ1v) is 8.98. The van der Waals surface area contributed by atoms with Gasteiger partial charge in [0.15, 0.2) is 0 Å². The Hall–Kier alpha value is -2.46. The SMILES string of the molecule is Cc1ccc(CN2CCCCC2c2nc(-c3ccccc3)no2)cc1. The average molecular weight is 333 g/mol. The molecule has 1 fully saturated rings. The zero-order valence-corrected chi connectivity index (χ0v) is 14.6. The van der Waals surface area contributed by atoms with Crippen molar-refractivity contribution < 1.29 is 4.52 Å². The van der Waals surface area contributed by atoms with Gasteiger partial charge in [0.2, 0.25) is 11.7 Å². The van der Waals surface area contributed by atoms with Gasteiger partial charge in [-0.05, 0) is 31.9 Å². The van der Waals surface area contributed by atoms with Gasteiger partial charge in [0.05, 0.1) is 6.04 Å². The largest absolute Gasteiger partial charge is 0.337 e. The summed E-state index contributed by atoms with van der Waals surface area (Å²) in [6.07, 6.45) is 3.50. The number of hydrogen-bond donors (Lipinski definition) is 0. The predicted molar refractivity (Wildman–Crippen MR) is 97.9 cm³/mol. The summed E-state index contributed by atoms with van der Waals surface area (Å²) < 4.78 is 5.64. The molecule has 0 radical (unpaired) electrons. The smallest absolute Gasteiger partial charge is 0.244 e. The van der Waals surface area contributed by atoms with Gasteiger partial charge in [0.25, 0.3) is 0 Å². The zero-order chi connectivity index (χ0) is 17.1. The maximum Gasteiger partial charge on any atom is 0.244 e. The highest BCUT2D eigenvalue weighted by molar-refractivity contribution is 5.53. The van der Waals surface area contributed by atoms with Crippen molar-refractivity contribution in [2.24, 2.45) is 0 Å². The highest BCUT2D eigenvalue weighted by Crippen LogP contribution is 2.32. The van der Waals surface area contributed by atoms with E-state index in [-0.39, 0.29) is 6.04 Å². The van der Waals surface area contributed by atoms with E-state index in [0.29, 0.717) is 5.82 Å². The second-order valence-corrected chi connectivity index (χ2v) is 6.79. The summed E-state index contributed by atoms with van der Waals surface area (Å²) in [5.41, 5.74) is 3.63. The highest BCUT2D eigenvalue weighted by Gasteiger charge is 2.28. The van der Waals surface area contributed by atoms with Crippen LogP contribution in [0.4, 0.5) is 0 Å². The topological polar surface area (TPSA) is 42.2 Å². The maximum absolute atomic E-state index is 5.64. The van der Waals surface area contributed by atoms with Crippen LogP contribution in [0.25, 0.3) is 11.4 Å². The predicted octanol–water partition coefficient (Wildman–Crippen LogP) is 4.77. The van der Waals surface area contributed by atoms with Gasteiger partial charge < -0.3 is 4.52 Å². The molecule has 4 nitrogen and oxygen atoms in total. The summed E-state index contributed by atoms with van der Waals surface area (Å²) >= 11 is 0. The second kappa shape index (κ2) is 7.19. The molecule has 0 aliphatic carbocycles. The van der Waals surface area contributed by atoms with E-state index in [4.69, 9.17) is 9.51 Å². The first-order chi connectivity index (χ1) is 12.3. The second-order valence-electron chi connectivity index (χ2n) is 6.79. The van der Waals surface area contributed by atoms with Crippen molar-refractivity contribution >= 4 is 0 Å². The van der Waals surface area contributed by atoms with E-state index in [1.807, 2.05) is 30.3 Å². The Labute approximate surface area is 148 Å². The molecule has 0 bridgehead atoms. The monoisotopic (exact) mass is 333 g/mol. The van der Waals surface area contributed by atoms with Crippen molar-refractivity contribution in [3.63, 3.8) is 0 Å². The number of piperidine rings is 1. The summed E-state index contributed by atoms with van der Waals surface area (Å²) in [5, 5.41) is 4.20. The summed E-state index contributed by atoms with van der Waals surface area (Å²) in [6, 6.07) is 19.0. The van der Waals surface area contributed by atoms with E-state index < -0.39 is 0 Å². The standard InChI is InChI=1S/C21H23N3O/c1-16-10-12-17(13-11-16)15-24-14-6-5-9-19(24)21-22-20(23-25-21)18-7-3-2-4-8-18/h2-4,7-8,10-13,19H,5-6,9,14-15H2,1H3. The zero-order valence-electron chi connectivity index (χ0n) is 14.6. The Morgan fingerprint density at radius 3 is 2.64 bits per heavy atom. The van der Waals surface area contributed by atoms with E-state index in [1.165, 1.54) is 24.0 Å². The lowest BCUT2D eigenvalue weighted by Gasteiger charge is -2.33. The fourth-order valence-corrected chi connectivity index (χ4v) is 3.46. The Morgan fingerprint density at radius 2 is 1.84 bits per heavy atom. The van der Waals surface area contributed by atoms with Crippen molar-refractivity contribution in [2.45, 2.75) is 38.8 Å². The first kappa shape index (κ1) is 16.0. The Kier molecular flexibility index (Phi) is 4.61. The molecule has 2 heterocycles. The van der Waals surface area contributed by atoms with Crippen molar-refractivity contribution in [1.29, 1.82) is 0 Å². The number of aryl methyl sites for hydroxylation is 1. The molecule has 0 spiro atoms. The Balaban J connectivity index is 1.55. The molecule has 1 aliphatic heterocycles. The van der Waals surface area contributed by atoms with Crippen LogP contribution in [0.5, 0.6) is 0 Å². The third kappa shape index (κ3) is 3.64. The summed E-state index contributed by atoms with van der Waals surface area (Å²) in [6.45, 7) is 4.12. The summed E-state index contributed by atoms with van der Waals surface area (Å²) in [7, 11) is 0. The molecule has 0 amide bonds. The van der Waals surface area contributed by atoms with Crippen LogP contribution in [0.2, 0.25) is 0 Å². The lowest BCUT2D eigenvalue weighted by Crippen LogP contribution is -2.33. The minimum absolute atomic E-state index is 0.208. The number of aromatic nitrogens is 2. The van der Waals surface area contributed by atoms with Gasteiger partial charge >= 0.3 is 0 Å². The molecule has 1 unspecified atom stereocenters. The molecule has 2 aromatic carbocycles. The lowest BCUT2D eigenvalue weighted by atomic mass is 10.0. The van der Waals surface area contributed by atoms with E-state index >= 15 is 0 Å². The number of hydrogen-bond acceptors (Lipinski definition) is 4. The molecule has 1 atom stereocenters. The first-order valence-electron chi connectivity index (χ1n) is 8.98. The van der Waals surface area contributed by atoms with Gasteiger partial charge in [0.1, 0.15) is 0 Å². The van der Waals surface area contributed by atoms with Gasteiger partial charge in [-0.15, -0.1) is 0 Å². The molecule has 128 valence electrons. The number of nitrogens with zero attached hydrogens (tertiary/aromatic N) is 3. The quantitative estimate of drug-likeness (QED) is 0.689. The van der Waals surface area contributed by atoms with Crippen LogP contribution >= 0.6 is 0 Å². The Morgan fingerprint density at radius 1 is 1.04 bits per heavy atom. The molecule has 25 heavy (non-hydrogen) atoms. The van der Waals surface area contributed by atoms with Crippen LogP contribution in [-0.4, -0.2) is 21.6 Å². The fraction of sp³-hybridized carbons (Fsp3) is 0.333. The molecule has 4 heteroatoms. The minimum Gasteiger partial charge on any atom is -0.337 e. The molecule has 0 N–H and O–H groups in total. The third-order valence-corrected chi connectivity index (χ3v) is 4.88. The molecule has 0 saturated carbocycles. The number of rotatable bonds is 4. The van der Waals surface area contributed by atoms with Crippen LogP contribution in [0.15, 0.2) is 59.1 Å². The third-order valence-electron chi connectivity index (χ3n) is 4.88.